The van der Waals surface area contributed by atoms with Crippen molar-refractivity contribution < 1.29 is 10.2 Å². The van der Waals surface area contributed by atoms with Gasteiger partial charge in [-0.3, -0.25) is 0 Å². The summed E-state index contributed by atoms with van der Waals surface area (Å²) in [5, 5.41) is 11.2. The second-order valence-electron chi connectivity index (χ2n) is 11.6. The average molecular weight is 663 g/mol. The van der Waals surface area contributed by atoms with E-state index in [0.29, 0.717) is 27.6 Å². The summed E-state index contributed by atoms with van der Waals surface area (Å²) in [6.07, 6.45) is 9.98. The summed E-state index contributed by atoms with van der Waals surface area (Å²) < 4.78 is 6.03. The van der Waals surface area contributed by atoms with Crippen molar-refractivity contribution in [3.63, 3.8) is 0 Å². The number of halogens is 2. The zero-order valence-electron chi connectivity index (χ0n) is 27.6. The number of aryl methyl sites for hydroxylation is 2. The third-order valence-electron chi connectivity index (χ3n) is 8.18. The Hall–Kier alpha value is -2.39. The maximum atomic E-state index is 6.10. The number of thiazole rings is 1. The lowest BCUT2D eigenvalue weighted by atomic mass is 9.95. The van der Waals surface area contributed by atoms with Crippen LogP contribution in [0.15, 0.2) is 40.6 Å². The van der Waals surface area contributed by atoms with Crippen molar-refractivity contribution in [1.29, 1.82) is 0 Å². The Labute approximate surface area is 278 Å². The number of nitrogens with zero attached hydrogens (tertiary/aromatic N) is 4. The van der Waals surface area contributed by atoms with Crippen LogP contribution in [-0.4, -0.2) is 25.2 Å². The predicted molar refractivity (Wildman–Crippen MR) is 189 cm³/mol. The second kappa shape index (κ2) is 18.5. The SMILES string of the molecule is CCCCC(CC)CN(CC(CC)CCCC)c1cc(C)c([NH2+]Nc2nc(C)c(N=Nc3cc(Cl)cc(Cl)c3)s2)cc1OC. The van der Waals surface area contributed by atoms with Crippen LogP contribution >= 0.6 is 34.5 Å². The lowest BCUT2D eigenvalue weighted by Crippen LogP contribution is -2.83. The van der Waals surface area contributed by atoms with Gasteiger partial charge in [-0.25, -0.2) is 15.8 Å². The van der Waals surface area contributed by atoms with Gasteiger partial charge in [0.2, 0.25) is 5.13 Å². The van der Waals surface area contributed by atoms with Crippen LogP contribution in [0.1, 0.15) is 90.3 Å². The molecule has 10 heteroatoms. The lowest BCUT2D eigenvalue weighted by Gasteiger charge is -2.33. The zero-order chi connectivity index (χ0) is 32.1. The quantitative estimate of drug-likeness (QED) is 0.0579. The lowest BCUT2D eigenvalue weighted by molar-refractivity contribution is -0.538. The van der Waals surface area contributed by atoms with Gasteiger partial charge in [0, 0.05) is 34.8 Å². The number of aromatic nitrogens is 1. The van der Waals surface area contributed by atoms with Crippen LogP contribution in [0.2, 0.25) is 10.0 Å². The molecule has 3 aromatic rings. The summed E-state index contributed by atoms with van der Waals surface area (Å²) in [7, 11) is 1.78. The molecular weight excluding hydrogens is 611 g/mol. The van der Waals surface area contributed by atoms with Crippen LogP contribution in [-0.2, 0) is 0 Å². The molecule has 242 valence electrons. The molecule has 0 aliphatic carbocycles. The zero-order valence-corrected chi connectivity index (χ0v) is 29.9. The molecule has 0 bridgehead atoms. The number of nitrogens with one attached hydrogen (secondary N) is 1. The van der Waals surface area contributed by atoms with E-state index < -0.39 is 0 Å². The number of unbranched alkanes of at least 4 members (excludes halogenated alkanes) is 2. The van der Waals surface area contributed by atoms with E-state index in [1.54, 1.807) is 25.3 Å². The average Bonchev–Trinajstić information content (AvgIpc) is 3.36. The highest BCUT2D eigenvalue weighted by Crippen LogP contribution is 2.36. The fourth-order valence-corrected chi connectivity index (χ4v) is 6.64. The minimum absolute atomic E-state index is 0.521. The fraction of sp³-hybridized carbons (Fsp3) is 0.559. The molecule has 44 heavy (non-hydrogen) atoms. The number of benzene rings is 2. The van der Waals surface area contributed by atoms with Gasteiger partial charge in [-0.05, 0) is 62.8 Å². The van der Waals surface area contributed by atoms with E-state index in [0.717, 1.165) is 40.4 Å². The fourth-order valence-electron chi connectivity index (χ4n) is 5.37. The van der Waals surface area contributed by atoms with Gasteiger partial charge in [-0.2, -0.15) is 0 Å². The highest BCUT2D eigenvalue weighted by molar-refractivity contribution is 7.19. The van der Waals surface area contributed by atoms with E-state index >= 15 is 0 Å². The van der Waals surface area contributed by atoms with E-state index in [1.807, 2.05) is 12.3 Å². The van der Waals surface area contributed by atoms with Crippen LogP contribution < -0.4 is 20.5 Å². The van der Waals surface area contributed by atoms with E-state index in [1.165, 1.54) is 74.0 Å². The predicted octanol–water partition coefficient (Wildman–Crippen LogP) is 11.0. The molecule has 1 heterocycles. The largest absolute Gasteiger partial charge is 0.494 e. The van der Waals surface area contributed by atoms with Gasteiger partial charge in [-0.15, -0.1) is 10.2 Å². The molecule has 2 unspecified atom stereocenters. The molecule has 2 atom stereocenters. The third-order valence-corrected chi connectivity index (χ3v) is 9.59. The van der Waals surface area contributed by atoms with Crippen molar-refractivity contribution in [3.05, 3.63) is 51.6 Å². The summed E-state index contributed by atoms with van der Waals surface area (Å²) in [4.78, 5) is 7.27. The molecule has 0 aliphatic heterocycles. The van der Waals surface area contributed by atoms with Crippen LogP contribution in [0.3, 0.4) is 0 Å². The molecule has 0 fully saturated rings. The number of rotatable bonds is 19. The van der Waals surface area contributed by atoms with Gasteiger partial charge in [0.1, 0.15) is 5.75 Å². The topological polar surface area (TPSA) is 78.7 Å². The molecule has 2 aromatic carbocycles. The summed E-state index contributed by atoms with van der Waals surface area (Å²) in [6.45, 7) is 15.5. The van der Waals surface area contributed by atoms with Crippen molar-refractivity contribution in [2.24, 2.45) is 22.1 Å². The van der Waals surface area contributed by atoms with Crippen molar-refractivity contribution in [1.82, 2.24) is 4.98 Å². The Bertz CT molecular complexity index is 1310. The standard InChI is InChI=1S/C34H50Cl2N6OS/c1-8-12-14-25(10-3)21-42(22-26(11-4)15-13-9-2)31-16-23(5)30(20-32(31)43-7)39-41-34-37-24(6)33(44-34)40-38-29-18-27(35)17-28(36)19-29/h16-20,25-26,39H,8-15,21-22H2,1-7H3,(H,37,41)/p+1. The number of quaternary nitrogens is 1. The Balaban J connectivity index is 1.81. The van der Waals surface area contributed by atoms with Gasteiger partial charge in [-0.1, -0.05) is 101 Å². The van der Waals surface area contributed by atoms with E-state index in [2.05, 4.69) is 72.3 Å². The van der Waals surface area contributed by atoms with Crippen LogP contribution in [0.25, 0.3) is 0 Å². The molecule has 0 saturated carbocycles. The first-order valence-electron chi connectivity index (χ1n) is 16.1. The van der Waals surface area contributed by atoms with E-state index in [9.17, 15) is 0 Å². The number of azo groups is 1. The second-order valence-corrected chi connectivity index (χ2v) is 13.5. The van der Waals surface area contributed by atoms with Crippen molar-refractivity contribution in [2.45, 2.75) is 92.9 Å². The molecule has 0 saturated heterocycles. The Morgan fingerprint density at radius 2 is 1.52 bits per heavy atom. The molecule has 0 spiro atoms. The molecule has 3 rings (SSSR count). The number of methoxy groups -OCH3 is 1. The maximum Gasteiger partial charge on any atom is 0.232 e. The maximum absolute atomic E-state index is 6.10. The van der Waals surface area contributed by atoms with Gasteiger partial charge >= 0.3 is 0 Å². The van der Waals surface area contributed by atoms with Crippen LogP contribution in [0.4, 0.5) is 27.2 Å². The number of ether oxygens (including phenoxy) is 1. The molecule has 3 N–H and O–H groups in total. The minimum Gasteiger partial charge on any atom is -0.494 e. The number of hydrogen-bond acceptors (Lipinski definition) is 7. The first-order chi connectivity index (χ1) is 21.2. The monoisotopic (exact) mass is 661 g/mol. The summed E-state index contributed by atoms with van der Waals surface area (Å²) >= 11 is 13.6. The highest BCUT2D eigenvalue weighted by Gasteiger charge is 2.22. The van der Waals surface area contributed by atoms with E-state index in [4.69, 9.17) is 27.9 Å². The van der Waals surface area contributed by atoms with Crippen molar-refractivity contribution >= 4 is 61.7 Å². The molecule has 0 radical (unpaired) electrons. The number of hydrogen-bond donors (Lipinski definition) is 2. The Morgan fingerprint density at radius 3 is 2.07 bits per heavy atom. The highest BCUT2D eigenvalue weighted by atomic mass is 35.5. The van der Waals surface area contributed by atoms with Gasteiger partial charge in [0.05, 0.1) is 24.2 Å². The van der Waals surface area contributed by atoms with Crippen LogP contribution in [0.5, 0.6) is 5.75 Å². The van der Waals surface area contributed by atoms with Gasteiger partial charge < -0.3 is 9.64 Å². The Kier molecular flexibility index (Phi) is 15.2. The van der Waals surface area contributed by atoms with Gasteiger partial charge in [0.15, 0.2) is 10.7 Å². The van der Waals surface area contributed by atoms with Gasteiger partial charge in [0.25, 0.3) is 0 Å². The summed E-state index contributed by atoms with van der Waals surface area (Å²) in [6, 6.07) is 9.57. The van der Waals surface area contributed by atoms with Crippen molar-refractivity contribution in [2.75, 3.05) is 30.5 Å². The van der Waals surface area contributed by atoms with Crippen molar-refractivity contribution in [3.8, 4) is 5.75 Å². The first-order valence-corrected chi connectivity index (χ1v) is 17.7. The third kappa shape index (κ3) is 10.9. The number of nitrogens with two attached hydrogens (primary N) is 1. The van der Waals surface area contributed by atoms with Crippen LogP contribution in [0, 0.1) is 25.7 Å². The summed E-state index contributed by atoms with van der Waals surface area (Å²) in [5.74, 6) is 2.25. The molecular formula is C34H51Cl2N6OS+. The molecule has 0 amide bonds. The summed E-state index contributed by atoms with van der Waals surface area (Å²) in [5.41, 5.74) is 10.2. The van der Waals surface area contributed by atoms with E-state index in [-0.39, 0.29) is 0 Å². The number of anilines is 2. The Morgan fingerprint density at radius 1 is 0.909 bits per heavy atom. The molecule has 1 aromatic heterocycles. The first kappa shape index (κ1) is 36.1. The number of nitrogen functional groups attached to an aromatic ring is 1. The minimum atomic E-state index is 0.521. The smallest absolute Gasteiger partial charge is 0.232 e. The molecule has 0 aliphatic rings. The molecule has 7 nitrogen and oxygen atoms in total. The normalized spacial score (nSPS) is 12.9.